The smallest absolute Gasteiger partial charge is 0.0638 e. The van der Waals surface area contributed by atoms with Gasteiger partial charge in [-0.15, -0.1) is 0 Å². The summed E-state index contributed by atoms with van der Waals surface area (Å²) < 4.78 is 0.357. The minimum atomic E-state index is 0.357. The number of nitrogens with two attached hydrogens (primary N) is 1. The third-order valence-electron chi connectivity index (χ3n) is 2.98. The molecule has 1 fully saturated rings. The molecule has 2 nitrogen and oxygen atoms in total. The lowest BCUT2D eigenvalue weighted by Gasteiger charge is -2.37. The van der Waals surface area contributed by atoms with Gasteiger partial charge >= 0.3 is 0 Å². The summed E-state index contributed by atoms with van der Waals surface area (Å²) in [4.78, 5) is 2.48. The first-order valence-corrected chi connectivity index (χ1v) is 7.23. The molecule has 1 aliphatic rings. The van der Waals surface area contributed by atoms with Crippen LogP contribution in [0.5, 0.6) is 0 Å². The fraction of sp³-hybridized carbons (Fsp3) is 0.538. The Bertz CT molecular complexity index is 406. The molecule has 0 atom stereocenters. The van der Waals surface area contributed by atoms with E-state index in [0.29, 0.717) is 15.5 Å². The summed E-state index contributed by atoms with van der Waals surface area (Å²) in [6, 6.07) is 5.93. The van der Waals surface area contributed by atoms with E-state index in [1.165, 1.54) is 11.3 Å². The average Bonchev–Trinajstić information content (AvgIpc) is 2.22. The van der Waals surface area contributed by atoms with Gasteiger partial charge in [0.05, 0.1) is 10.7 Å². The van der Waals surface area contributed by atoms with Gasteiger partial charge in [0, 0.05) is 30.1 Å². The Morgan fingerprint density at radius 3 is 2.88 bits per heavy atom. The van der Waals surface area contributed by atoms with E-state index in [2.05, 4.69) is 36.6 Å². The van der Waals surface area contributed by atoms with E-state index in [0.717, 1.165) is 19.6 Å². The third kappa shape index (κ3) is 3.54. The zero-order valence-electron chi connectivity index (χ0n) is 10.4. The molecule has 0 bridgehead atoms. The van der Waals surface area contributed by atoms with Crippen molar-refractivity contribution in [3.63, 3.8) is 0 Å². The lowest BCUT2D eigenvalue weighted by Crippen LogP contribution is -2.42. The van der Waals surface area contributed by atoms with Crippen LogP contribution >= 0.6 is 23.4 Å². The highest BCUT2D eigenvalue weighted by Gasteiger charge is 2.26. The van der Waals surface area contributed by atoms with Crippen LogP contribution < -0.4 is 5.73 Å². The molecular weight excluding hydrogens is 252 g/mol. The number of thioether (sulfide) groups is 1. The largest absolute Gasteiger partial charge is 0.398 e. The van der Waals surface area contributed by atoms with Crippen LogP contribution in [0.4, 0.5) is 5.69 Å². The molecule has 2 rings (SSSR count). The molecule has 4 heteroatoms. The third-order valence-corrected chi connectivity index (χ3v) is 4.60. The van der Waals surface area contributed by atoms with Gasteiger partial charge in [0.25, 0.3) is 0 Å². The van der Waals surface area contributed by atoms with E-state index in [1.54, 1.807) is 0 Å². The van der Waals surface area contributed by atoms with Crippen LogP contribution in [0.3, 0.4) is 0 Å². The van der Waals surface area contributed by atoms with Crippen LogP contribution in [0.2, 0.25) is 5.02 Å². The molecule has 0 saturated carbocycles. The van der Waals surface area contributed by atoms with Crippen molar-refractivity contribution in [1.29, 1.82) is 0 Å². The van der Waals surface area contributed by atoms with E-state index < -0.39 is 0 Å². The zero-order valence-corrected chi connectivity index (χ0v) is 11.9. The van der Waals surface area contributed by atoms with Gasteiger partial charge in [-0.3, -0.25) is 4.90 Å². The Labute approximate surface area is 113 Å². The average molecular weight is 271 g/mol. The van der Waals surface area contributed by atoms with E-state index in [-0.39, 0.29) is 0 Å². The summed E-state index contributed by atoms with van der Waals surface area (Å²) >= 11 is 8.09. The van der Waals surface area contributed by atoms with Crippen molar-refractivity contribution in [2.75, 3.05) is 24.6 Å². The van der Waals surface area contributed by atoms with Crippen molar-refractivity contribution in [3.8, 4) is 0 Å². The number of halogens is 1. The van der Waals surface area contributed by atoms with Crippen molar-refractivity contribution < 1.29 is 0 Å². The molecule has 1 aromatic rings. The minimum Gasteiger partial charge on any atom is -0.398 e. The standard InChI is InChI=1S/C13H19ClN2S/c1-13(2)9-16(5-6-17-13)8-10-3-4-12(15)11(14)7-10/h3-4,7H,5-6,8-9,15H2,1-2H3. The molecule has 0 unspecified atom stereocenters. The van der Waals surface area contributed by atoms with Crippen molar-refractivity contribution in [2.45, 2.75) is 25.1 Å². The number of rotatable bonds is 2. The molecule has 17 heavy (non-hydrogen) atoms. The number of benzene rings is 1. The highest BCUT2D eigenvalue weighted by molar-refractivity contribution is 8.00. The number of hydrogen-bond acceptors (Lipinski definition) is 3. The van der Waals surface area contributed by atoms with Gasteiger partial charge in [-0.2, -0.15) is 11.8 Å². The summed E-state index contributed by atoms with van der Waals surface area (Å²) in [7, 11) is 0. The summed E-state index contributed by atoms with van der Waals surface area (Å²) in [5.41, 5.74) is 7.62. The second-order valence-electron chi connectivity index (χ2n) is 5.17. The van der Waals surface area contributed by atoms with Crippen LogP contribution in [-0.4, -0.2) is 28.5 Å². The molecular formula is C13H19ClN2S. The van der Waals surface area contributed by atoms with Crippen LogP contribution in [0.1, 0.15) is 19.4 Å². The summed E-state index contributed by atoms with van der Waals surface area (Å²) in [6.07, 6.45) is 0. The number of anilines is 1. The van der Waals surface area contributed by atoms with Crippen LogP contribution in [-0.2, 0) is 6.54 Å². The minimum absolute atomic E-state index is 0.357. The van der Waals surface area contributed by atoms with Gasteiger partial charge in [0.15, 0.2) is 0 Å². The summed E-state index contributed by atoms with van der Waals surface area (Å²) in [5.74, 6) is 1.20. The second-order valence-corrected chi connectivity index (χ2v) is 7.38. The molecule has 1 aromatic carbocycles. The van der Waals surface area contributed by atoms with Gasteiger partial charge in [-0.1, -0.05) is 17.7 Å². The normalized spacial score (nSPS) is 20.4. The number of hydrogen-bond donors (Lipinski definition) is 1. The van der Waals surface area contributed by atoms with Gasteiger partial charge in [0.1, 0.15) is 0 Å². The van der Waals surface area contributed by atoms with Gasteiger partial charge in [-0.25, -0.2) is 0 Å². The van der Waals surface area contributed by atoms with Gasteiger partial charge in [0.2, 0.25) is 0 Å². The molecule has 1 saturated heterocycles. The van der Waals surface area contributed by atoms with Crippen LogP contribution in [0.25, 0.3) is 0 Å². The number of nitrogen functional groups attached to an aromatic ring is 1. The fourth-order valence-corrected chi connectivity index (χ4v) is 3.56. The molecule has 2 N–H and O–H groups in total. The first-order valence-electron chi connectivity index (χ1n) is 5.86. The first-order chi connectivity index (χ1) is 7.96. The van der Waals surface area contributed by atoms with Crippen LogP contribution in [0.15, 0.2) is 18.2 Å². The Kier molecular flexibility index (Phi) is 3.91. The molecule has 1 aliphatic heterocycles. The Hall–Kier alpha value is -0.380. The van der Waals surface area contributed by atoms with Crippen molar-refractivity contribution in [3.05, 3.63) is 28.8 Å². The maximum atomic E-state index is 6.04. The van der Waals surface area contributed by atoms with E-state index in [9.17, 15) is 0 Å². The van der Waals surface area contributed by atoms with E-state index in [4.69, 9.17) is 17.3 Å². The molecule has 0 aliphatic carbocycles. The second kappa shape index (κ2) is 5.09. The Morgan fingerprint density at radius 2 is 2.24 bits per heavy atom. The Morgan fingerprint density at radius 1 is 1.47 bits per heavy atom. The highest BCUT2D eigenvalue weighted by atomic mass is 35.5. The summed E-state index contributed by atoms with van der Waals surface area (Å²) in [5, 5.41) is 0.660. The van der Waals surface area contributed by atoms with Crippen molar-refractivity contribution in [2.24, 2.45) is 0 Å². The quantitative estimate of drug-likeness (QED) is 0.837. The van der Waals surface area contributed by atoms with Crippen LogP contribution in [0, 0.1) is 0 Å². The monoisotopic (exact) mass is 270 g/mol. The lowest BCUT2D eigenvalue weighted by molar-refractivity contribution is 0.252. The molecule has 1 heterocycles. The maximum absolute atomic E-state index is 6.04. The number of nitrogens with zero attached hydrogens (tertiary/aromatic N) is 1. The highest BCUT2D eigenvalue weighted by Crippen LogP contribution is 2.30. The van der Waals surface area contributed by atoms with E-state index in [1.807, 2.05) is 12.1 Å². The van der Waals surface area contributed by atoms with Crippen molar-refractivity contribution >= 4 is 29.1 Å². The van der Waals surface area contributed by atoms with Crippen molar-refractivity contribution in [1.82, 2.24) is 4.90 Å². The fourth-order valence-electron chi connectivity index (χ4n) is 2.18. The molecule has 0 spiro atoms. The topological polar surface area (TPSA) is 29.3 Å². The predicted octanol–water partition coefficient (Wildman–Crippen LogP) is 3.25. The SMILES string of the molecule is CC1(C)CN(Cc2ccc(N)c(Cl)c2)CCS1. The predicted molar refractivity (Wildman–Crippen MR) is 77.7 cm³/mol. The summed E-state index contributed by atoms with van der Waals surface area (Å²) in [6.45, 7) is 7.85. The Balaban J connectivity index is 2.03. The van der Waals surface area contributed by atoms with E-state index >= 15 is 0 Å². The first kappa shape index (κ1) is 13.1. The molecule has 0 aromatic heterocycles. The van der Waals surface area contributed by atoms with Gasteiger partial charge in [-0.05, 0) is 31.5 Å². The zero-order chi connectivity index (χ0) is 12.5. The lowest BCUT2D eigenvalue weighted by atomic mass is 10.1. The van der Waals surface area contributed by atoms with Gasteiger partial charge < -0.3 is 5.73 Å². The molecule has 0 amide bonds. The maximum Gasteiger partial charge on any atom is 0.0638 e. The molecule has 94 valence electrons. The molecule has 0 radical (unpaired) electrons.